The van der Waals surface area contributed by atoms with Crippen LogP contribution in [0.1, 0.15) is 40.7 Å². The Labute approximate surface area is 126 Å². The van der Waals surface area contributed by atoms with Gasteiger partial charge in [-0.25, -0.2) is 4.79 Å². The van der Waals surface area contributed by atoms with Gasteiger partial charge in [-0.3, -0.25) is 4.90 Å². The number of hydrogen-bond acceptors (Lipinski definition) is 3. The fourth-order valence-electron chi connectivity index (χ4n) is 3.58. The van der Waals surface area contributed by atoms with Gasteiger partial charge in [0.25, 0.3) is 0 Å². The van der Waals surface area contributed by atoms with Crippen LogP contribution in [0.4, 0.5) is 0 Å². The van der Waals surface area contributed by atoms with Gasteiger partial charge in [-0.1, -0.05) is 12.1 Å². The summed E-state index contributed by atoms with van der Waals surface area (Å²) < 4.78 is 0. The summed E-state index contributed by atoms with van der Waals surface area (Å²) in [6, 6.07) is 5.68. The Morgan fingerprint density at radius 3 is 2.62 bits per heavy atom. The molecule has 0 radical (unpaired) electrons. The Balaban J connectivity index is 1.54. The first-order valence-corrected chi connectivity index (χ1v) is 8.03. The first-order chi connectivity index (χ1) is 10.2. The average molecular weight is 288 g/mol. The van der Waals surface area contributed by atoms with E-state index in [1.54, 1.807) is 6.07 Å². The zero-order chi connectivity index (χ0) is 14.7. The van der Waals surface area contributed by atoms with E-state index in [1.807, 2.05) is 6.07 Å². The maximum absolute atomic E-state index is 11.3. The number of fused-ring (bicyclic) bond motifs is 1. The lowest BCUT2D eigenvalue weighted by Crippen LogP contribution is -2.34. The summed E-state index contributed by atoms with van der Waals surface area (Å²) >= 11 is 0. The van der Waals surface area contributed by atoms with E-state index in [0.717, 1.165) is 31.6 Å². The minimum atomic E-state index is -0.797. The number of carbonyl (C=O) groups is 1. The van der Waals surface area contributed by atoms with Gasteiger partial charge in [0.05, 0.1) is 5.56 Å². The van der Waals surface area contributed by atoms with Crippen molar-refractivity contribution in [1.29, 1.82) is 0 Å². The van der Waals surface area contributed by atoms with Crippen molar-refractivity contribution in [3.8, 4) is 0 Å². The molecular formula is C17H24N2O2. The zero-order valence-electron chi connectivity index (χ0n) is 12.6. The van der Waals surface area contributed by atoms with Crippen LogP contribution >= 0.6 is 0 Å². The van der Waals surface area contributed by atoms with Crippen LogP contribution in [-0.4, -0.2) is 53.6 Å². The molecule has 2 heterocycles. The van der Waals surface area contributed by atoms with E-state index < -0.39 is 5.97 Å². The third-order valence-corrected chi connectivity index (χ3v) is 4.72. The molecule has 3 rings (SSSR count). The number of carboxylic acids is 1. The first-order valence-electron chi connectivity index (χ1n) is 8.03. The molecular weight excluding hydrogens is 264 g/mol. The van der Waals surface area contributed by atoms with Crippen molar-refractivity contribution in [1.82, 2.24) is 9.80 Å². The van der Waals surface area contributed by atoms with Crippen molar-refractivity contribution in [2.24, 2.45) is 0 Å². The van der Waals surface area contributed by atoms with Gasteiger partial charge in [0, 0.05) is 13.1 Å². The van der Waals surface area contributed by atoms with E-state index in [1.165, 1.54) is 44.5 Å². The van der Waals surface area contributed by atoms with E-state index in [0.29, 0.717) is 5.56 Å². The SMILES string of the molecule is O=C(O)c1cccc2c1CCN(CCCN1CCCC1)C2. The molecule has 0 aromatic heterocycles. The molecule has 1 aromatic rings. The van der Waals surface area contributed by atoms with Crippen LogP contribution in [0.3, 0.4) is 0 Å². The zero-order valence-corrected chi connectivity index (χ0v) is 12.6. The Bertz CT molecular complexity index is 510. The second-order valence-electron chi connectivity index (χ2n) is 6.18. The van der Waals surface area contributed by atoms with Crippen molar-refractivity contribution in [3.63, 3.8) is 0 Å². The lowest BCUT2D eigenvalue weighted by Gasteiger charge is -2.30. The summed E-state index contributed by atoms with van der Waals surface area (Å²) in [6.45, 7) is 6.75. The maximum Gasteiger partial charge on any atom is 0.335 e. The van der Waals surface area contributed by atoms with Crippen LogP contribution in [0.5, 0.6) is 0 Å². The van der Waals surface area contributed by atoms with Crippen molar-refractivity contribution in [2.75, 3.05) is 32.7 Å². The second kappa shape index (κ2) is 6.58. The van der Waals surface area contributed by atoms with Crippen molar-refractivity contribution >= 4 is 5.97 Å². The summed E-state index contributed by atoms with van der Waals surface area (Å²) in [5.74, 6) is -0.797. The fraction of sp³-hybridized carbons (Fsp3) is 0.588. The predicted octanol–water partition coefficient (Wildman–Crippen LogP) is 2.23. The van der Waals surface area contributed by atoms with Gasteiger partial charge < -0.3 is 10.0 Å². The molecule has 1 fully saturated rings. The quantitative estimate of drug-likeness (QED) is 0.902. The van der Waals surface area contributed by atoms with E-state index in [4.69, 9.17) is 0 Å². The molecule has 2 aliphatic heterocycles. The van der Waals surface area contributed by atoms with Crippen LogP contribution < -0.4 is 0 Å². The largest absolute Gasteiger partial charge is 0.478 e. The topological polar surface area (TPSA) is 43.8 Å². The van der Waals surface area contributed by atoms with Gasteiger partial charge in [-0.15, -0.1) is 0 Å². The normalized spacial score (nSPS) is 19.6. The molecule has 21 heavy (non-hydrogen) atoms. The Morgan fingerprint density at radius 2 is 1.86 bits per heavy atom. The number of carboxylic acid groups (broad SMARTS) is 1. The first kappa shape index (κ1) is 14.5. The predicted molar refractivity (Wildman–Crippen MR) is 82.7 cm³/mol. The standard InChI is InChI=1S/C17H24N2O2/c20-17(21)16-6-3-5-14-13-19(12-7-15(14)16)11-4-10-18-8-1-2-9-18/h3,5-6H,1-2,4,7-13H2,(H,20,21). The molecule has 2 aliphatic rings. The molecule has 1 saturated heterocycles. The van der Waals surface area contributed by atoms with Gasteiger partial charge in [-0.05, 0) is 69.1 Å². The molecule has 4 heteroatoms. The lowest BCUT2D eigenvalue weighted by atomic mass is 9.94. The lowest BCUT2D eigenvalue weighted by molar-refractivity contribution is 0.0694. The third-order valence-electron chi connectivity index (χ3n) is 4.72. The Morgan fingerprint density at radius 1 is 1.10 bits per heavy atom. The molecule has 0 spiro atoms. The number of aromatic carboxylic acids is 1. The highest BCUT2D eigenvalue weighted by Crippen LogP contribution is 2.23. The van der Waals surface area contributed by atoms with E-state index >= 15 is 0 Å². The molecule has 4 nitrogen and oxygen atoms in total. The number of hydrogen-bond donors (Lipinski definition) is 1. The molecule has 114 valence electrons. The number of likely N-dealkylation sites (tertiary alicyclic amines) is 1. The molecule has 0 atom stereocenters. The highest BCUT2D eigenvalue weighted by atomic mass is 16.4. The summed E-state index contributed by atoms with van der Waals surface area (Å²) in [6.07, 6.45) is 4.79. The van der Waals surface area contributed by atoms with Gasteiger partial charge in [0.2, 0.25) is 0 Å². The van der Waals surface area contributed by atoms with Crippen molar-refractivity contribution < 1.29 is 9.90 Å². The molecule has 0 unspecified atom stereocenters. The van der Waals surface area contributed by atoms with Crippen LogP contribution in [0.15, 0.2) is 18.2 Å². The van der Waals surface area contributed by atoms with Crippen molar-refractivity contribution in [3.05, 3.63) is 34.9 Å². The number of nitrogens with zero attached hydrogens (tertiary/aromatic N) is 2. The van der Waals surface area contributed by atoms with Gasteiger partial charge in [0.1, 0.15) is 0 Å². The van der Waals surface area contributed by atoms with Crippen LogP contribution in [0.2, 0.25) is 0 Å². The van der Waals surface area contributed by atoms with Gasteiger partial charge >= 0.3 is 5.97 Å². The molecule has 0 saturated carbocycles. The van der Waals surface area contributed by atoms with Gasteiger partial charge in [-0.2, -0.15) is 0 Å². The van der Waals surface area contributed by atoms with Crippen molar-refractivity contribution in [2.45, 2.75) is 32.2 Å². The van der Waals surface area contributed by atoms with Crippen LogP contribution in [0, 0.1) is 0 Å². The second-order valence-corrected chi connectivity index (χ2v) is 6.18. The average Bonchev–Trinajstić information content (AvgIpc) is 2.99. The third kappa shape index (κ3) is 3.44. The minimum absolute atomic E-state index is 0.490. The summed E-state index contributed by atoms with van der Waals surface area (Å²) in [7, 11) is 0. The minimum Gasteiger partial charge on any atom is -0.478 e. The van der Waals surface area contributed by atoms with Crippen LogP contribution in [-0.2, 0) is 13.0 Å². The van der Waals surface area contributed by atoms with E-state index in [2.05, 4.69) is 15.9 Å². The maximum atomic E-state index is 11.3. The number of benzene rings is 1. The van der Waals surface area contributed by atoms with Gasteiger partial charge in [0.15, 0.2) is 0 Å². The fourth-order valence-corrected chi connectivity index (χ4v) is 3.58. The highest BCUT2D eigenvalue weighted by molar-refractivity contribution is 5.89. The number of rotatable bonds is 5. The Kier molecular flexibility index (Phi) is 4.56. The van der Waals surface area contributed by atoms with E-state index in [9.17, 15) is 9.90 Å². The molecule has 1 N–H and O–H groups in total. The Hall–Kier alpha value is -1.39. The monoisotopic (exact) mass is 288 g/mol. The summed E-state index contributed by atoms with van der Waals surface area (Å²) in [4.78, 5) is 16.3. The summed E-state index contributed by atoms with van der Waals surface area (Å²) in [5, 5.41) is 9.25. The smallest absolute Gasteiger partial charge is 0.335 e. The highest BCUT2D eigenvalue weighted by Gasteiger charge is 2.21. The molecule has 1 aromatic carbocycles. The van der Waals surface area contributed by atoms with Crippen LogP contribution in [0.25, 0.3) is 0 Å². The van der Waals surface area contributed by atoms with E-state index in [-0.39, 0.29) is 0 Å². The molecule has 0 amide bonds. The molecule has 0 aliphatic carbocycles. The molecule has 0 bridgehead atoms. The summed E-state index contributed by atoms with van der Waals surface area (Å²) in [5.41, 5.74) is 2.73.